The second-order valence-electron chi connectivity index (χ2n) is 7.19. The summed E-state index contributed by atoms with van der Waals surface area (Å²) in [5.41, 5.74) is 0. The number of benzene rings is 3. The summed E-state index contributed by atoms with van der Waals surface area (Å²) in [5, 5.41) is 3.48. The molecule has 4 heteroatoms. The van der Waals surface area contributed by atoms with Gasteiger partial charge in [0.2, 0.25) is 0 Å². The smallest absolute Gasteiger partial charge is 0.128 e. The normalized spacial score (nSPS) is 12.8. The van der Waals surface area contributed by atoms with Crippen molar-refractivity contribution in [1.29, 1.82) is 0 Å². The average molecular weight is 396 g/mol. The van der Waals surface area contributed by atoms with Gasteiger partial charge in [0.25, 0.3) is 0 Å². The molecule has 0 unspecified atom stereocenters. The predicted octanol–water partition coefficient (Wildman–Crippen LogP) is 4.36. The van der Waals surface area contributed by atoms with Crippen molar-refractivity contribution in [3.8, 4) is 5.75 Å². The summed E-state index contributed by atoms with van der Waals surface area (Å²) in [6, 6.07) is 26.8. The molecule has 3 aromatic rings. The summed E-state index contributed by atoms with van der Waals surface area (Å²) in [6.45, 7) is 6.04. The van der Waals surface area contributed by atoms with Gasteiger partial charge < -0.3 is 4.74 Å². The maximum Gasteiger partial charge on any atom is 0.128 e. The molecule has 0 N–H and O–H groups in total. The average Bonchev–Trinajstić information content (AvgIpc) is 2.68. The minimum atomic E-state index is -1.16. The van der Waals surface area contributed by atoms with Gasteiger partial charge in [-0.3, -0.25) is 4.21 Å². The van der Waals surface area contributed by atoms with Gasteiger partial charge in [0, 0.05) is 10.1 Å². The van der Waals surface area contributed by atoms with Gasteiger partial charge in [0.15, 0.2) is 0 Å². The van der Waals surface area contributed by atoms with Crippen molar-refractivity contribution >= 4 is 34.6 Å². The first-order valence-corrected chi connectivity index (χ1v) is 11.4. The Labute approximate surface area is 165 Å². The van der Waals surface area contributed by atoms with E-state index in [1.165, 1.54) is 10.6 Å². The standard InChI is InChI=1S/C23H25O2PS/c1-23(2,3)27(24)21-17-11-16-20(25-4)22(21)26(18-12-7-5-8-13-18)19-14-9-6-10-15-19/h5-17H,1-4H3/t27-/m1/s1. The molecule has 0 aliphatic heterocycles. The molecule has 0 bridgehead atoms. The molecule has 0 aromatic heterocycles. The summed E-state index contributed by atoms with van der Waals surface area (Å²) < 4.78 is 18.8. The van der Waals surface area contributed by atoms with Crippen LogP contribution < -0.4 is 20.7 Å². The zero-order chi connectivity index (χ0) is 19.4. The molecule has 0 aliphatic rings. The fourth-order valence-electron chi connectivity index (χ4n) is 2.93. The molecule has 0 fully saturated rings. The lowest BCUT2D eigenvalue weighted by atomic mass is 10.3. The molecule has 140 valence electrons. The third-order valence-corrected chi connectivity index (χ3v) is 8.73. The maximum absolute atomic E-state index is 13.4. The molecule has 0 heterocycles. The van der Waals surface area contributed by atoms with Crippen molar-refractivity contribution in [3.05, 3.63) is 78.9 Å². The maximum atomic E-state index is 13.4. The molecule has 0 saturated heterocycles. The monoisotopic (exact) mass is 396 g/mol. The predicted molar refractivity (Wildman–Crippen MR) is 118 cm³/mol. The molecular weight excluding hydrogens is 371 g/mol. The number of ether oxygens (including phenoxy) is 1. The van der Waals surface area contributed by atoms with E-state index in [0.29, 0.717) is 0 Å². The molecule has 0 amide bonds. The largest absolute Gasteiger partial charge is 0.496 e. The van der Waals surface area contributed by atoms with Gasteiger partial charge >= 0.3 is 0 Å². The molecule has 0 saturated carbocycles. The number of hydrogen-bond donors (Lipinski definition) is 0. The van der Waals surface area contributed by atoms with Gasteiger partial charge in [-0.25, -0.2) is 0 Å². The van der Waals surface area contributed by atoms with E-state index in [-0.39, 0.29) is 4.75 Å². The van der Waals surface area contributed by atoms with Crippen molar-refractivity contribution in [3.63, 3.8) is 0 Å². The van der Waals surface area contributed by atoms with Gasteiger partial charge in [-0.05, 0) is 51.4 Å². The Bertz CT molecular complexity index is 879. The fraction of sp³-hybridized carbons (Fsp3) is 0.217. The first-order valence-electron chi connectivity index (χ1n) is 8.92. The highest BCUT2D eigenvalue weighted by molar-refractivity contribution is 7.88. The Morgan fingerprint density at radius 2 is 1.30 bits per heavy atom. The topological polar surface area (TPSA) is 26.3 Å². The van der Waals surface area contributed by atoms with Crippen LogP contribution in [0, 0.1) is 0 Å². The van der Waals surface area contributed by atoms with Crippen LogP contribution in [0.1, 0.15) is 20.8 Å². The Kier molecular flexibility index (Phi) is 6.14. The highest BCUT2D eigenvalue weighted by atomic mass is 32.2. The second kappa shape index (κ2) is 8.37. The molecule has 0 aliphatic carbocycles. The molecular formula is C23H25O2PS. The van der Waals surface area contributed by atoms with Gasteiger partial charge in [0.1, 0.15) is 5.75 Å². The van der Waals surface area contributed by atoms with Gasteiger partial charge in [0.05, 0.1) is 22.8 Å². The van der Waals surface area contributed by atoms with Crippen LogP contribution in [0.2, 0.25) is 0 Å². The molecule has 1 atom stereocenters. The third kappa shape index (κ3) is 4.31. The van der Waals surface area contributed by atoms with Gasteiger partial charge in [-0.2, -0.15) is 0 Å². The van der Waals surface area contributed by atoms with E-state index in [4.69, 9.17) is 4.74 Å². The van der Waals surface area contributed by atoms with E-state index in [9.17, 15) is 4.21 Å². The lowest BCUT2D eigenvalue weighted by Crippen LogP contribution is -2.30. The lowest BCUT2D eigenvalue weighted by molar-refractivity contribution is 0.417. The van der Waals surface area contributed by atoms with Crippen molar-refractivity contribution in [1.82, 2.24) is 0 Å². The van der Waals surface area contributed by atoms with Crippen molar-refractivity contribution in [2.75, 3.05) is 7.11 Å². The van der Waals surface area contributed by atoms with E-state index in [1.54, 1.807) is 7.11 Å². The Balaban J connectivity index is 2.31. The van der Waals surface area contributed by atoms with Gasteiger partial charge in [-0.1, -0.05) is 66.7 Å². The van der Waals surface area contributed by atoms with Crippen LogP contribution in [0.15, 0.2) is 83.8 Å². The zero-order valence-corrected chi connectivity index (χ0v) is 17.9. The van der Waals surface area contributed by atoms with E-state index in [1.807, 2.05) is 51.1 Å². The van der Waals surface area contributed by atoms with E-state index < -0.39 is 18.7 Å². The molecule has 2 nitrogen and oxygen atoms in total. The highest BCUT2D eigenvalue weighted by Gasteiger charge is 2.30. The van der Waals surface area contributed by atoms with Crippen LogP contribution in [-0.2, 0) is 10.8 Å². The van der Waals surface area contributed by atoms with Crippen LogP contribution in [-0.4, -0.2) is 16.1 Å². The van der Waals surface area contributed by atoms with Crippen LogP contribution in [0.5, 0.6) is 5.75 Å². The van der Waals surface area contributed by atoms with E-state index in [0.717, 1.165) is 15.9 Å². The highest BCUT2D eigenvalue weighted by Crippen LogP contribution is 2.40. The van der Waals surface area contributed by atoms with Crippen LogP contribution in [0.25, 0.3) is 0 Å². The minimum Gasteiger partial charge on any atom is -0.496 e. The molecule has 3 rings (SSSR count). The summed E-state index contributed by atoms with van der Waals surface area (Å²) in [4.78, 5) is 0.862. The van der Waals surface area contributed by atoms with Crippen LogP contribution in [0.3, 0.4) is 0 Å². The Morgan fingerprint density at radius 3 is 1.74 bits per heavy atom. The van der Waals surface area contributed by atoms with E-state index in [2.05, 4.69) is 48.5 Å². The first kappa shape index (κ1) is 19.8. The second-order valence-corrected chi connectivity index (χ2v) is 11.5. The van der Waals surface area contributed by atoms with Crippen LogP contribution in [0.4, 0.5) is 0 Å². The van der Waals surface area contributed by atoms with Gasteiger partial charge in [-0.15, -0.1) is 0 Å². The molecule has 0 spiro atoms. The summed E-state index contributed by atoms with van der Waals surface area (Å²) in [5.74, 6) is 0.795. The number of rotatable bonds is 5. The summed E-state index contributed by atoms with van der Waals surface area (Å²) in [6.07, 6.45) is 0. The van der Waals surface area contributed by atoms with Crippen molar-refractivity contribution in [2.24, 2.45) is 0 Å². The summed E-state index contributed by atoms with van der Waals surface area (Å²) in [7, 11) is -0.361. The number of methoxy groups -OCH3 is 1. The molecule has 0 radical (unpaired) electrons. The van der Waals surface area contributed by atoms with E-state index >= 15 is 0 Å². The number of hydrogen-bond acceptors (Lipinski definition) is 2. The lowest BCUT2D eigenvalue weighted by Gasteiger charge is -2.27. The molecule has 27 heavy (non-hydrogen) atoms. The quantitative estimate of drug-likeness (QED) is 0.599. The fourth-order valence-corrected chi connectivity index (χ4v) is 7.03. The van der Waals surface area contributed by atoms with Crippen molar-refractivity contribution < 1.29 is 8.95 Å². The zero-order valence-electron chi connectivity index (χ0n) is 16.2. The Morgan fingerprint density at radius 1 is 0.778 bits per heavy atom. The third-order valence-electron chi connectivity index (χ3n) is 4.19. The minimum absolute atomic E-state index is 0.352. The Hall–Kier alpha value is -1.96. The van der Waals surface area contributed by atoms with Crippen molar-refractivity contribution in [2.45, 2.75) is 30.4 Å². The molecule has 3 aromatic carbocycles. The van der Waals surface area contributed by atoms with Crippen LogP contribution >= 0.6 is 7.92 Å². The first-order chi connectivity index (χ1) is 12.9. The summed E-state index contributed by atoms with van der Waals surface area (Å²) >= 11 is 0. The SMILES string of the molecule is COc1cccc([S@@](=O)C(C)(C)C)c1P(c1ccccc1)c1ccccc1.